The maximum Gasteiger partial charge on any atom is 0.160 e. The zero-order valence-electron chi connectivity index (χ0n) is 34.7. The van der Waals surface area contributed by atoms with E-state index in [1.165, 1.54) is 55.2 Å². The molecule has 292 valence electrons. The molecular weight excluding hydrogens is 739 g/mol. The summed E-state index contributed by atoms with van der Waals surface area (Å²) in [5, 5.41) is 2.61. The van der Waals surface area contributed by atoms with Gasteiger partial charge in [0.05, 0.1) is 22.4 Å². The van der Waals surface area contributed by atoms with Crippen molar-refractivity contribution in [2.24, 2.45) is 15.9 Å². The third-order valence-electron chi connectivity index (χ3n) is 12.9. The van der Waals surface area contributed by atoms with E-state index in [0.29, 0.717) is 5.84 Å². The molecule has 3 nitrogen and oxygen atoms in total. The van der Waals surface area contributed by atoms with Gasteiger partial charge in [-0.05, 0) is 92.9 Å². The highest BCUT2D eigenvalue weighted by atomic mass is 15.0. The normalized spacial score (nSPS) is 15.5. The Morgan fingerprint density at radius 2 is 1.11 bits per heavy atom. The summed E-state index contributed by atoms with van der Waals surface area (Å²) in [6.45, 7) is 7.02. The summed E-state index contributed by atoms with van der Waals surface area (Å²) in [5.41, 5.74) is 18.7. The molecule has 0 fully saturated rings. The van der Waals surface area contributed by atoms with Crippen LogP contribution in [0, 0.1) is 5.92 Å². The third kappa shape index (κ3) is 6.19. The number of para-hydroxylation sites is 1. The minimum Gasteiger partial charge on any atom is -0.309 e. The van der Waals surface area contributed by atoms with Gasteiger partial charge in [-0.3, -0.25) is 0 Å². The van der Waals surface area contributed by atoms with Crippen LogP contribution in [0.4, 0.5) is 0 Å². The second-order valence-electron chi connectivity index (χ2n) is 16.8. The fourth-order valence-corrected chi connectivity index (χ4v) is 9.87. The van der Waals surface area contributed by atoms with E-state index in [2.05, 4.69) is 226 Å². The summed E-state index contributed by atoms with van der Waals surface area (Å²) < 4.78 is 2.46. The Kier molecular flexibility index (Phi) is 8.86. The number of aromatic nitrogens is 1. The van der Waals surface area contributed by atoms with Gasteiger partial charge >= 0.3 is 0 Å². The fourth-order valence-electron chi connectivity index (χ4n) is 9.87. The number of allylic oxidation sites excluding steroid dienone is 1. The van der Waals surface area contributed by atoms with Crippen molar-refractivity contribution < 1.29 is 0 Å². The Bertz CT molecular complexity index is 3230. The zero-order chi connectivity index (χ0) is 41.1. The Morgan fingerprint density at radius 3 is 1.90 bits per heavy atom. The van der Waals surface area contributed by atoms with Crippen molar-refractivity contribution in [3.8, 4) is 39.1 Å². The monoisotopic (exact) mass is 783 g/mol. The van der Waals surface area contributed by atoms with E-state index >= 15 is 0 Å². The minimum atomic E-state index is -0.134. The number of amidine groups is 1. The molecule has 9 aromatic rings. The third-order valence-corrected chi connectivity index (χ3v) is 12.9. The Hall–Kier alpha value is -7.36. The van der Waals surface area contributed by atoms with Crippen LogP contribution in [-0.2, 0) is 5.41 Å². The van der Waals surface area contributed by atoms with Gasteiger partial charge in [-0.15, -0.1) is 0 Å². The summed E-state index contributed by atoms with van der Waals surface area (Å²) in [6.07, 6.45) is 3.21. The highest BCUT2D eigenvalue weighted by molar-refractivity contribution is 6.17. The van der Waals surface area contributed by atoms with E-state index in [1.54, 1.807) is 0 Å². The maximum atomic E-state index is 5.57. The van der Waals surface area contributed by atoms with Crippen molar-refractivity contribution in [2.45, 2.75) is 32.6 Å². The molecule has 1 aliphatic carbocycles. The molecule has 1 aromatic heterocycles. The Morgan fingerprint density at radius 1 is 0.492 bits per heavy atom. The highest BCUT2D eigenvalue weighted by Gasteiger charge is 2.38. The summed E-state index contributed by atoms with van der Waals surface area (Å²) in [5.74, 6) is 0.734. The van der Waals surface area contributed by atoms with Gasteiger partial charge in [0.1, 0.15) is 0 Å². The number of fused-ring (bicyclic) bond motifs is 7. The lowest BCUT2D eigenvalue weighted by Gasteiger charge is -2.22. The van der Waals surface area contributed by atoms with E-state index in [9.17, 15) is 0 Å². The van der Waals surface area contributed by atoms with Gasteiger partial charge in [0.2, 0.25) is 0 Å². The molecule has 1 atom stereocenters. The average Bonchev–Trinajstić information content (AvgIpc) is 3.67. The van der Waals surface area contributed by atoms with Crippen LogP contribution in [0.15, 0.2) is 210 Å². The zero-order valence-corrected chi connectivity index (χ0v) is 34.7. The predicted molar refractivity (Wildman–Crippen MR) is 257 cm³/mol. The first-order valence-electron chi connectivity index (χ1n) is 21.4. The molecule has 0 amide bonds. The standard InChI is InChI=1S/C58H45N3/c1-4-38-37-51(44-22-15-21-43(35-44)40-19-9-6-10-20-40)59-57(42-31-29-41(30-32-42)39-17-7-5-8-18-39)60-56(38)45-23-16-24-46(36-45)61-52-28-14-12-26-49(52)54-53(61)34-33-48-47-25-11-13-27-50(47)58(2,3)55(48)54/h5-38H,4H2,1-3H3. The van der Waals surface area contributed by atoms with E-state index in [1.807, 2.05) is 0 Å². The molecule has 1 unspecified atom stereocenters. The van der Waals surface area contributed by atoms with Crippen LogP contribution in [0.5, 0.6) is 0 Å². The summed E-state index contributed by atoms with van der Waals surface area (Å²) in [6, 6.07) is 70.1. The van der Waals surface area contributed by atoms with E-state index < -0.39 is 0 Å². The predicted octanol–water partition coefficient (Wildman–Crippen LogP) is 14.7. The van der Waals surface area contributed by atoms with E-state index in [0.717, 1.165) is 51.3 Å². The smallest absolute Gasteiger partial charge is 0.160 e. The van der Waals surface area contributed by atoms with Crippen LogP contribution in [0.3, 0.4) is 0 Å². The summed E-state index contributed by atoms with van der Waals surface area (Å²) >= 11 is 0. The molecule has 0 radical (unpaired) electrons. The van der Waals surface area contributed by atoms with Crippen molar-refractivity contribution >= 4 is 39.1 Å². The molecule has 3 heteroatoms. The van der Waals surface area contributed by atoms with Crippen LogP contribution in [0.1, 0.15) is 55.0 Å². The second kappa shape index (κ2) is 14.7. The first-order valence-corrected chi connectivity index (χ1v) is 21.4. The quantitative estimate of drug-likeness (QED) is 0.154. The summed E-state index contributed by atoms with van der Waals surface area (Å²) in [7, 11) is 0. The van der Waals surface area contributed by atoms with E-state index in [-0.39, 0.29) is 11.3 Å². The van der Waals surface area contributed by atoms with Gasteiger partial charge in [0.25, 0.3) is 0 Å². The number of hydrogen-bond acceptors (Lipinski definition) is 2. The lowest BCUT2D eigenvalue weighted by atomic mass is 9.80. The first kappa shape index (κ1) is 36.7. The molecule has 2 heterocycles. The van der Waals surface area contributed by atoms with Crippen LogP contribution in [-0.4, -0.2) is 16.1 Å². The van der Waals surface area contributed by atoms with Crippen LogP contribution in [0.2, 0.25) is 0 Å². The van der Waals surface area contributed by atoms with Gasteiger partial charge < -0.3 is 4.57 Å². The Balaban J connectivity index is 1.07. The number of aliphatic imine (C=N–C) groups is 2. The van der Waals surface area contributed by atoms with Crippen molar-refractivity contribution in [3.05, 3.63) is 228 Å². The maximum absolute atomic E-state index is 5.57. The molecule has 8 aromatic carbocycles. The number of nitrogens with zero attached hydrogens (tertiary/aromatic N) is 3. The largest absolute Gasteiger partial charge is 0.309 e. The molecule has 2 aliphatic rings. The van der Waals surface area contributed by atoms with Gasteiger partial charge in [-0.2, -0.15) is 0 Å². The molecule has 0 saturated heterocycles. The molecule has 11 rings (SSSR count). The van der Waals surface area contributed by atoms with Gasteiger partial charge in [0, 0.05) is 38.9 Å². The SMILES string of the molecule is CCC1C=C(c2cccc(-c3ccccc3)c2)N=C(c2ccc(-c3ccccc3)cc2)N=C1c1cccc(-n2c3ccccc3c3c4c(ccc32)-c2ccccc2C4(C)C)c1. The molecule has 0 spiro atoms. The van der Waals surface area contributed by atoms with Crippen molar-refractivity contribution in [1.82, 2.24) is 4.57 Å². The van der Waals surface area contributed by atoms with Crippen LogP contribution in [0.25, 0.3) is 66.6 Å². The second-order valence-corrected chi connectivity index (χ2v) is 16.8. The molecule has 61 heavy (non-hydrogen) atoms. The Labute approximate surface area is 357 Å². The lowest BCUT2D eigenvalue weighted by Crippen LogP contribution is -2.15. The van der Waals surface area contributed by atoms with Gasteiger partial charge in [-0.25, -0.2) is 9.98 Å². The topological polar surface area (TPSA) is 29.6 Å². The highest BCUT2D eigenvalue weighted by Crippen LogP contribution is 2.53. The minimum absolute atomic E-state index is 0.0243. The molecule has 0 bridgehead atoms. The molecule has 1 aliphatic heterocycles. The van der Waals surface area contributed by atoms with Gasteiger partial charge in [-0.1, -0.05) is 185 Å². The lowest BCUT2D eigenvalue weighted by molar-refractivity contribution is 0.666. The average molecular weight is 784 g/mol. The van der Waals surface area contributed by atoms with Crippen molar-refractivity contribution in [1.29, 1.82) is 0 Å². The fraction of sp³-hybridized carbons (Fsp3) is 0.103. The van der Waals surface area contributed by atoms with E-state index in [4.69, 9.17) is 9.98 Å². The van der Waals surface area contributed by atoms with Crippen molar-refractivity contribution in [2.75, 3.05) is 0 Å². The van der Waals surface area contributed by atoms with Gasteiger partial charge in [0.15, 0.2) is 5.84 Å². The first-order chi connectivity index (χ1) is 30.0. The van der Waals surface area contributed by atoms with Crippen molar-refractivity contribution in [3.63, 3.8) is 0 Å². The van der Waals surface area contributed by atoms with Crippen LogP contribution < -0.4 is 0 Å². The van der Waals surface area contributed by atoms with Crippen LogP contribution >= 0.6 is 0 Å². The number of rotatable bonds is 7. The summed E-state index contributed by atoms with van der Waals surface area (Å²) in [4.78, 5) is 11.0. The molecular formula is C58H45N3. The number of benzene rings is 8. The molecule has 0 saturated carbocycles. The molecule has 0 N–H and O–H groups in total. The number of hydrogen-bond donors (Lipinski definition) is 0.